The first-order chi connectivity index (χ1) is 10.4. The molecule has 2 unspecified atom stereocenters. The van der Waals surface area contributed by atoms with Gasteiger partial charge >= 0.3 is 0 Å². The highest BCUT2D eigenvalue weighted by Gasteiger charge is 2.28. The molecular weight excluding hydrogens is 304 g/mol. The minimum atomic E-state index is -3.37. The van der Waals surface area contributed by atoms with Gasteiger partial charge in [0.2, 0.25) is 10.0 Å². The number of sulfonamides is 1. The van der Waals surface area contributed by atoms with Crippen molar-refractivity contribution in [3.05, 3.63) is 29.8 Å². The Kier molecular flexibility index (Phi) is 5.42. The van der Waals surface area contributed by atoms with Crippen LogP contribution in [0.5, 0.6) is 0 Å². The number of aliphatic hydroxyl groups excluding tert-OH is 1. The van der Waals surface area contributed by atoms with Gasteiger partial charge in [0.25, 0.3) is 5.91 Å². The third-order valence-corrected chi connectivity index (χ3v) is 4.51. The average molecular weight is 326 g/mol. The SMILES string of the molecule is CS(=O)(=O)Nc1cccc(C(=O)NC2CCCC2CCO)c1. The Morgan fingerprint density at radius 2 is 2.14 bits per heavy atom. The maximum absolute atomic E-state index is 12.3. The Bertz CT molecular complexity index is 630. The molecule has 0 heterocycles. The van der Waals surface area contributed by atoms with E-state index >= 15 is 0 Å². The number of anilines is 1. The molecular formula is C15H22N2O4S. The number of hydrogen-bond donors (Lipinski definition) is 3. The molecule has 1 saturated carbocycles. The molecule has 1 aliphatic rings. The lowest BCUT2D eigenvalue weighted by atomic mass is 9.99. The Morgan fingerprint density at radius 3 is 2.82 bits per heavy atom. The third-order valence-electron chi connectivity index (χ3n) is 3.90. The van der Waals surface area contributed by atoms with Gasteiger partial charge in [-0.1, -0.05) is 12.5 Å². The molecule has 1 aromatic carbocycles. The van der Waals surface area contributed by atoms with E-state index in [9.17, 15) is 13.2 Å². The van der Waals surface area contributed by atoms with Crippen molar-refractivity contribution < 1.29 is 18.3 Å². The minimum absolute atomic E-state index is 0.0752. The number of nitrogens with one attached hydrogen (secondary N) is 2. The number of rotatable bonds is 6. The van der Waals surface area contributed by atoms with Crippen molar-refractivity contribution >= 4 is 21.6 Å². The zero-order chi connectivity index (χ0) is 16.2. The van der Waals surface area contributed by atoms with E-state index in [-0.39, 0.29) is 18.6 Å². The molecule has 0 radical (unpaired) electrons. The van der Waals surface area contributed by atoms with Gasteiger partial charge < -0.3 is 10.4 Å². The predicted octanol–water partition coefficient (Wildman–Crippen LogP) is 1.34. The Balaban J connectivity index is 2.05. The van der Waals surface area contributed by atoms with Crippen molar-refractivity contribution in [1.29, 1.82) is 0 Å². The monoisotopic (exact) mass is 326 g/mol. The van der Waals surface area contributed by atoms with Crippen LogP contribution in [0.1, 0.15) is 36.0 Å². The van der Waals surface area contributed by atoms with Crippen LogP contribution in [0.2, 0.25) is 0 Å². The molecule has 0 aliphatic heterocycles. The summed E-state index contributed by atoms with van der Waals surface area (Å²) in [4.78, 5) is 12.3. The second kappa shape index (κ2) is 7.11. The average Bonchev–Trinajstić information content (AvgIpc) is 2.85. The van der Waals surface area contributed by atoms with Gasteiger partial charge in [0, 0.05) is 23.9 Å². The summed E-state index contributed by atoms with van der Waals surface area (Å²) in [6.07, 6.45) is 4.74. The largest absolute Gasteiger partial charge is 0.396 e. The molecule has 1 amide bonds. The highest BCUT2D eigenvalue weighted by molar-refractivity contribution is 7.92. The summed E-state index contributed by atoms with van der Waals surface area (Å²) >= 11 is 0. The molecule has 122 valence electrons. The summed E-state index contributed by atoms with van der Waals surface area (Å²) in [5.41, 5.74) is 0.789. The van der Waals surface area contributed by atoms with Gasteiger partial charge in [0.15, 0.2) is 0 Å². The van der Waals surface area contributed by atoms with E-state index in [4.69, 9.17) is 5.11 Å². The second-order valence-electron chi connectivity index (χ2n) is 5.74. The van der Waals surface area contributed by atoms with Crippen molar-refractivity contribution in [3.8, 4) is 0 Å². The molecule has 2 rings (SSSR count). The summed E-state index contributed by atoms with van der Waals surface area (Å²) < 4.78 is 24.8. The van der Waals surface area contributed by atoms with Gasteiger partial charge in [0.1, 0.15) is 0 Å². The maximum Gasteiger partial charge on any atom is 0.251 e. The van der Waals surface area contributed by atoms with Crippen LogP contribution in [-0.4, -0.2) is 38.3 Å². The summed E-state index contributed by atoms with van der Waals surface area (Å²) in [5, 5.41) is 12.1. The summed E-state index contributed by atoms with van der Waals surface area (Å²) in [6, 6.07) is 6.49. The Labute approximate surface area is 131 Å². The quantitative estimate of drug-likeness (QED) is 0.735. The first-order valence-corrected chi connectivity index (χ1v) is 9.28. The van der Waals surface area contributed by atoms with E-state index in [1.165, 1.54) is 6.07 Å². The molecule has 0 bridgehead atoms. The van der Waals surface area contributed by atoms with Crippen molar-refractivity contribution in [1.82, 2.24) is 5.32 Å². The smallest absolute Gasteiger partial charge is 0.251 e. The van der Waals surface area contributed by atoms with Crippen molar-refractivity contribution in [2.75, 3.05) is 17.6 Å². The Hall–Kier alpha value is -1.60. The Morgan fingerprint density at radius 1 is 1.36 bits per heavy atom. The molecule has 0 saturated heterocycles. The van der Waals surface area contributed by atoms with E-state index in [2.05, 4.69) is 10.0 Å². The van der Waals surface area contributed by atoms with Gasteiger partial charge in [-0.15, -0.1) is 0 Å². The van der Waals surface area contributed by atoms with Crippen LogP contribution >= 0.6 is 0 Å². The zero-order valence-corrected chi connectivity index (χ0v) is 13.4. The van der Waals surface area contributed by atoms with Crippen molar-refractivity contribution in [3.63, 3.8) is 0 Å². The number of benzene rings is 1. The first-order valence-electron chi connectivity index (χ1n) is 7.38. The number of amides is 1. The molecule has 7 heteroatoms. The van der Waals surface area contributed by atoms with E-state index in [0.717, 1.165) is 25.5 Å². The van der Waals surface area contributed by atoms with Gasteiger partial charge in [-0.2, -0.15) is 0 Å². The van der Waals surface area contributed by atoms with E-state index in [1.54, 1.807) is 18.2 Å². The zero-order valence-electron chi connectivity index (χ0n) is 12.6. The number of hydrogen-bond acceptors (Lipinski definition) is 4. The highest BCUT2D eigenvalue weighted by atomic mass is 32.2. The molecule has 1 aromatic rings. The van der Waals surface area contributed by atoms with Crippen LogP contribution in [0.3, 0.4) is 0 Å². The molecule has 1 fully saturated rings. The molecule has 22 heavy (non-hydrogen) atoms. The maximum atomic E-state index is 12.3. The molecule has 1 aliphatic carbocycles. The standard InChI is InChI=1S/C15H22N2O4S/c1-22(20,21)17-13-6-2-5-12(10-13)15(19)16-14-7-3-4-11(14)8-9-18/h2,5-6,10-11,14,17-18H,3-4,7-9H2,1H3,(H,16,19). The van der Waals surface area contributed by atoms with Crippen molar-refractivity contribution in [2.45, 2.75) is 31.7 Å². The normalized spacial score (nSPS) is 21.5. The third kappa shape index (κ3) is 4.71. The molecule has 6 nitrogen and oxygen atoms in total. The molecule has 0 aromatic heterocycles. The number of carbonyl (C=O) groups excluding carboxylic acids is 1. The fraction of sp³-hybridized carbons (Fsp3) is 0.533. The lowest BCUT2D eigenvalue weighted by molar-refractivity contribution is 0.0923. The van der Waals surface area contributed by atoms with Gasteiger partial charge in [0.05, 0.1) is 6.26 Å². The molecule has 2 atom stereocenters. The second-order valence-corrected chi connectivity index (χ2v) is 7.49. The topological polar surface area (TPSA) is 95.5 Å². The van der Waals surface area contributed by atoms with Crippen LogP contribution in [0.25, 0.3) is 0 Å². The van der Waals surface area contributed by atoms with E-state index in [1.807, 2.05) is 0 Å². The van der Waals surface area contributed by atoms with Crippen LogP contribution in [0, 0.1) is 5.92 Å². The molecule has 0 spiro atoms. The summed E-state index contributed by atoms with van der Waals surface area (Å²) in [7, 11) is -3.37. The summed E-state index contributed by atoms with van der Waals surface area (Å²) in [6.45, 7) is 0.130. The fourth-order valence-corrected chi connectivity index (χ4v) is 3.48. The fourth-order valence-electron chi connectivity index (χ4n) is 2.93. The number of aliphatic hydroxyl groups is 1. The van der Waals surface area contributed by atoms with Crippen LogP contribution in [0.4, 0.5) is 5.69 Å². The lowest BCUT2D eigenvalue weighted by Crippen LogP contribution is -2.37. The lowest BCUT2D eigenvalue weighted by Gasteiger charge is -2.20. The van der Waals surface area contributed by atoms with Crippen LogP contribution in [-0.2, 0) is 10.0 Å². The van der Waals surface area contributed by atoms with Gasteiger partial charge in [-0.25, -0.2) is 8.42 Å². The van der Waals surface area contributed by atoms with Crippen LogP contribution in [0.15, 0.2) is 24.3 Å². The first kappa shape index (κ1) is 16.8. The highest BCUT2D eigenvalue weighted by Crippen LogP contribution is 2.28. The van der Waals surface area contributed by atoms with Crippen LogP contribution < -0.4 is 10.0 Å². The van der Waals surface area contributed by atoms with Crippen molar-refractivity contribution in [2.24, 2.45) is 5.92 Å². The predicted molar refractivity (Wildman–Crippen MR) is 85.2 cm³/mol. The molecule has 3 N–H and O–H groups in total. The van der Waals surface area contributed by atoms with Gasteiger partial charge in [-0.3, -0.25) is 9.52 Å². The minimum Gasteiger partial charge on any atom is -0.396 e. The van der Waals surface area contributed by atoms with E-state index in [0.29, 0.717) is 23.6 Å². The van der Waals surface area contributed by atoms with Gasteiger partial charge in [-0.05, 0) is 43.4 Å². The summed E-state index contributed by atoms with van der Waals surface area (Å²) in [5.74, 6) is 0.0956. The number of carbonyl (C=O) groups is 1. The van der Waals surface area contributed by atoms with E-state index < -0.39 is 10.0 Å².